The normalized spacial score (nSPS) is 20.8. The van der Waals surface area contributed by atoms with Crippen molar-refractivity contribution in [1.29, 1.82) is 0 Å². The summed E-state index contributed by atoms with van der Waals surface area (Å²) >= 11 is 0. The van der Waals surface area contributed by atoms with Crippen LogP contribution in [0.15, 0.2) is 18.2 Å². The van der Waals surface area contributed by atoms with E-state index in [0.717, 1.165) is 18.4 Å². The third-order valence-electron chi connectivity index (χ3n) is 3.46. The lowest BCUT2D eigenvalue weighted by atomic mass is 9.73. The van der Waals surface area contributed by atoms with E-state index in [4.69, 9.17) is 5.11 Å². The molecular formula is C13H15FN2O5S. The van der Waals surface area contributed by atoms with Crippen LogP contribution < -0.4 is 10.0 Å². The van der Waals surface area contributed by atoms with E-state index in [1.807, 2.05) is 0 Å². The van der Waals surface area contributed by atoms with E-state index in [9.17, 15) is 22.4 Å². The van der Waals surface area contributed by atoms with Crippen molar-refractivity contribution in [2.45, 2.75) is 12.8 Å². The Hall–Kier alpha value is -2.16. The fourth-order valence-electron chi connectivity index (χ4n) is 2.24. The molecule has 1 aromatic carbocycles. The van der Waals surface area contributed by atoms with Crippen LogP contribution in [0, 0.1) is 17.7 Å². The largest absolute Gasteiger partial charge is 0.481 e. The summed E-state index contributed by atoms with van der Waals surface area (Å²) < 4.78 is 37.9. The minimum atomic E-state index is -3.65. The van der Waals surface area contributed by atoms with Crippen LogP contribution in [0.5, 0.6) is 0 Å². The van der Waals surface area contributed by atoms with Gasteiger partial charge in [-0.05, 0) is 25.0 Å². The first-order valence-corrected chi connectivity index (χ1v) is 8.37. The highest BCUT2D eigenvalue weighted by Gasteiger charge is 2.41. The van der Waals surface area contributed by atoms with Crippen molar-refractivity contribution in [2.24, 2.45) is 11.8 Å². The van der Waals surface area contributed by atoms with E-state index < -0.39 is 39.6 Å². The van der Waals surface area contributed by atoms with Gasteiger partial charge in [0.2, 0.25) is 15.9 Å². The zero-order chi connectivity index (χ0) is 16.5. The summed E-state index contributed by atoms with van der Waals surface area (Å²) in [5, 5.41) is 11.4. The van der Waals surface area contributed by atoms with Gasteiger partial charge in [0.15, 0.2) is 0 Å². The lowest BCUT2D eigenvalue weighted by Crippen LogP contribution is -2.41. The fourth-order valence-corrected chi connectivity index (χ4v) is 2.81. The number of hydrogen-bond donors (Lipinski definition) is 3. The summed E-state index contributed by atoms with van der Waals surface area (Å²) in [6, 6.07) is 3.22. The molecule has 9 heteroatoms. The van der Waals surface area contributed by atoms with Gasteiger partial charge in [0.05, 0.1) is 29.5 Å². The van der Waals surface area contributed by atoms with Crippen molar-refractivity contribution >= 4 is 33.3 Å². The van der Waals surface area contributed by atoms with Gasteiger partial charge >= 0.3 is 5.97 Å². The number of carbonyl (C=O) groups excluding carboxylic acids is 1. The molecule has 1 aliphatic carbocycles. The maximum absolute atomic E-state index is 13.2. The summed E-state index contributed by atoms with van der Waals surface area (Å²) in [5.41, 5.74) is -0.0325. The number of carbonyl (C=O) groups is 2. The summed E-state index contributed by atoms with van der Waals surface area (Å²) in [6.07, 6.45) is 1.76. The number of rotatable bonds is 5. The average molecular weight is 330 g/mol. The van der Waals surface area contributed by atoms with Gasteiger partial charge in [0, 0.05) is 6.07 Å². The summed E-state index contributed by atoms with van der Waals surface area (Å²) in [6.45, 7) is 0. The van der Waals surface area contributed by atoms with E-state index in [-0.39, 0.29) is 11.4 Å². The van der Waals surface area contributed by atoms with Crippen molar-refractivity contribution in [2.75, 3.05) is 16.3 Å². The quantitative estimate of drug-likeness (QED) is 0.752. The third kappa shape index (κ3) is 3.73. The molecule has 120 valence electrons. The molecule has 1 saturated carbocycles. The molecule has 1 aromatic rings. The molecule has 0 spiro atoms. The number of anilines is 2. The summed E-state index contributed by atoms with van der Waals surface area (Å²) in [5.74, 6) is -3.65. The molecule has 0 aromatic heterocycles. The number of benzene rings is 1. The highest BCUT2D eigenvalue weighted by Crippen LogP contribution is 2.36. The molecule has 0 aliphatic heterocycles. The second-order valence-electron chi connectivity index (χ2n) is 5.18. The molecule has 0 bridgehead atoms. The first-order valence-electron chi connectivity index (χ1n) is 6.48. The lowest BCUT2D eigenvalue weighted by Gasteiger charge is -2.32. The zero-order valence-electron chi connectivity index (χ0n) is 11.7. The standard InChI is InChI=1S/C13H15FN2O5S/c1-22(20,21)16-11-6-7(14)2-5-10(11)15-12(17)8-3-4-9(8)13(18)19/h2,5-6,8-9,16H,3-4H2,1H3,(H,15,17)(H,18,19). The smallest absolute Gasteiger partial charge is 0.307 e. The Bertz CT molecular complexity index is 719. The van der Waals surface area contributed by atoms with Crippen LogP contribution in [0.3, 0.4) is 0 Å². The highest BCUT2D eigenvalue weighted by atomic mass is 32.2. The van der Waals surface area contributed by atoms with Crippen LogP contribution >= 0.6 is 0 Å². The zero-order valence-corrected chi connectivity index (χ0v) is 12.5. The van der Waals surface area contributed by atoms with Gasteiger partial charge in [0.1, 0.15) is 5.82 Å². The van der Waals surface area contributed by atoms with Gasteiger partial charge in [0.25, 0.3) is 0 Å². The van der Waals surface area contributed by atoms with Crippen LogP contribution in [0.4, 0.5) is 15.8 Å². The SMILES string of the molecule is CS(=O)(=O)Nc1cc(F)ccc1NC(=O)C1CCC1C(=O)O. The van der Waals surface area contributed by atoms with Crippen LogP contribution in [0.2, 0.25) is 0 Å². The molecule has 2 rings (SSSR count). The van der Waals surface area contributed by atoms with Crippen molar-refractivity contribution in [3.8, 4) is 0 Å². The Morgan fingerprint density at radius 3 is 2.36 bits per heavy atom. The molecular weight excluding hydrogens is 315 g/mol. The van der Waals surface area contributed by atoms with E-state index in [1.165, 1.54) is 6.07 Å². The number of sulfonamides is 1. The number of nitrogens with one attached hydrogen (secondary N) is 2. The molecule has 0 saturated heterocycles. The number of aliphatic carboxylic acids is 1. The predicted molar refractivity (Wildman–Crippen MR) is 77.3 cm³/mol. The Kier molecular flexibility index (Phi) is 4.36. The minimum Gasteiger partial charge on any atom is -0.481 e. The average Bonchev–Trinajstić information content (AvgIpc) is 2.28. The Balaban J connectivity index is 2.19. The third-order valence-corrected chi connectivity index (χ3v) is 4.05. The maximum atomic E-state index is 13.2. The number of hydrogen-bond acceptors (Lipinski definition) is 4. The van der Waals surface area contributed by atoms with Gasteiger partial charge in [-0.1, -0.05) is 0 Å². The summed E-state index contributed by atoms with van der Waals surface area (Å²) in [7, 11) is -3.65. The van der Waals surface area contributed by atoms with Gasteiger partial charge in [-0.25, -0.2) is 12.8 Å². The molecule has 7 nitrogen and oxygen atoms in total. The molecule has 0 heterocycles. The Morgan fingerprint density at radius 2 is 1.86 bits per heavy atom. The minimum absolute atomic E-state index is 0.0767. The second kappa shape index (κ2) is 5.91. The van der Waals surface area contributed by atoms with Crippen LogP contribution in [0.25, 0.3) is 0 Å². The maximum Gasteiger partial charge on any atom is 0.307 e. The number of carboxylic acids is 1. The van der Waals surface area contributed by atoms with Crippen molar-refractivity contribution in [3.05, 3.63) is 24.0 Å². The van der Waals surface area contributed by atoms with E-state index >= 15 is 0 Å². The van der Waals surface area contributed by atoms with E-state index in [0.29, 0.717) is 12.8 Å². The molecule has 0 radical (unpaired) electrons. The number of carboxylic acid groups (broad SMARTS) is 1. The molecule has 3 N–H and O–H groups in total. The molecule has 22 heavy (non-hydrogen) atoms. The number of halogens is 1. The Labute approximate surface area is 126 Å². The van der Waals surface area contributed by atoms with Crippen LogP contribution in [-0.4, -0.2) is 31.7 Å². The molecule has 1 fully saturated rings. The van der Waals surface area contributed by atoms with Crippen LogP contribution in [0.1, 0.15) is 12.8 Å². The topological polar surface area (TPSA) is 113 Å². The fraction of sp³-hybridized carbons (Fsp3) is 0.385. The predicted octanol–water partition coefficient (Wildman–Crippen LogP) is 1.25. The van der Waals surface area contributed by atoms with Crippen molar-refractivity contribution < 1.29 is 27.5 Å². The van der Waals surface area contributed by atoms with Gasteiger partial charge in [-0.15, -0.1) is 0 Å². The molecule has 1 aliphatic rings. The van der Waals surface area contributed by atoms with E-state index in [2.05, 4.69) is 10.0 Å². The van der Waals surface area contributed by atoms with Gasteiger partial charge in [-0.3, -0.25) is 14.3 Å². The highest BCUT2D eigenvalue weighted by molar-refractivity contribution is 7.92. The van der Waals surface area contributed by atoms with Gasteiger partial charge < -0.3 is 10.4 Å². The monoisotopic (exact) mass is 330 g/mol. The first kappa shape index (κ1) is 16.2. The Morgan fingerprint density at radius 1 is 1.23 bits per heavy atom. The summed E-state index contributed by atoms with van der Waals surface area (Å²) in [4.78, 5) is 23.0. The molecule has 1 amide bonds. The second-order valence-corrected chi connectivity index (χ2v) is 6.93. The lowest BCUT2D eigenvalue weighted by molar-refractivity contribution is -0.151. The van der Waals surface area contributed by atoms with Crippen LogP contribution in [-0.2, 0) is 19.6 Å². The molecule has 2 atom stereocenters. The number of amides is 1. The van der Waals surface area contributed by atoms with Gasteiger partial charge in [-0.2, -0.15) is 0 Å². The van der Waals surface area contributed by atoms with Crippen molar-refractivity contribution in [1.82, 2.24) is 0 Å². The van der Waals surface area contributed by atoms with E-state index in [1.54, 1.807) is 0 Å². The first-order chi connectivity index (χ1) is 10.2. The molecule has 2 unspecified atom stereocenters. The van der Waals surface area contributed by atoms with Crippen molar-refractivity contribution in [3.63, 3.8) is 0 Å².